The first-order valence-corrected chi connectivity index (χ1v) is 11.8. The number of nitrogens with zero attached hydrogens (tertiary/aromatic N) is 2. The van der Waals surface area contributed by atoms with Gasteiger partial charge >= 0.3 is 0 Å². The Morgan fingerprint density at radius 2 is 1.54 bits per heavy atom. The van der Waals surface area contributed by atoms with Crippen LogP contribution in [0.15, 0.2) is 84.9 Å². The summed E-state index contributed by atoms with van der Waals surface area (Å²) in [4.78, 5) is 17.2. The smallest absolute Gasteiger partial charge is 0.249 e. The Morgan fingerprint density at radius 1 is 0.838 bits per heavy atom. The number of halogens is 4. The molecule has 0 saturated carbocycles. The van der Waals surface area contributed by atoms with E-state index in [-0.39, 0.29) is 32.8 Å². The molecule has 5 aromatic rings. The molecular formula is C28H18Cl2F2N4O. The number of benzene rings is 4. The van der Waals surface area contributed by atoms with E-state index in [9.17, 15) is 9.18 Å². The lowest BCUT2D eigenvalue weighted by Crippen LogP contribution is -2.12. The van der Waals surface area contributed by atoms with Crippen LogP contribution in [-0.4, -0.2) is 15.5 Å². The molecule has 5 nitrogen and oxygen atoms in total. The lowest BCUT2D eigenvalue weighted by molar-refractivity contribution is 0.100. The molecule has 0 aliphatic heterocycles. The summed E-state index contributed by atoms with van der Waals surface area (Å²) in [7, 11) is 0. The van der Waals surface area contributed by atoms with Gasteiger partial charge in [-0.2, -0.15) is 0 Å². The number of anilines is 1. The fraction of sp³-hybridized carbons (Fsp3) is 0. The molecule has 1 heterocycles. The van der Waals surface area contributed by atoms with Crippen LogP contribution in [-0.2, 0) is 0 Å². The molecule has 5 rings (SSSR count). The Bertz CT molecular complexity index is 1680. The van der Waals surface area contributed by atoms with Gasteiger partial charge < -0.3 is 11.5 Å². The number of carbonyl (C=O) groups is 1. The highest BCUT2D eigenvalue weighted by molar-refractivity contribution is 6.31. The van der Waals surface area contributed by atoms with Crippen LogP contribution >= 0.6 is 23.2 Å². The van der Waals surface area contributed by atoms with E-state index < -0.39 is 17.5 Å². The van der Waals surface area contributed by atoms with Crippen LogP contribution in [0.4, 0.5) is 14.5 Å². The summed E-state index contributed by atoms with van der Waals surface area (Å²) in [5.41, 5.74) is 14.5. The number of para-hydroxylation sites is 1. The van der Waals surface area contributed by atoms with Crippen molar-refractivity contribution in [2.24, 2.45) is 5.73 Å². The fourth-order valence-corrected chi connectivity index (χ4v) is 4.55. The van der Waals surface area contributed by atoms with E-state index in [1.807, 2.05) is 0 Å². The van der Waals surface area contributed by atoms with Crippen LogP contribution in [0.25, 0.3) is 39.6 Å². The molecule has 37 heavy (non-hydrogen) atoms. The first-order chi connectivity index (χ1) is 17.8. The third kappa shape index (κ3) is 4.33. The van der Waals surface area contributed by atoms with Crippen LogP contribution in [0.2, 0.25) is 10.0 Å². The maximum absolute atomic E-state index is 15.6. The van der Waals surface area contributed by atoms with Crippen molar-refractivity contribution in [1.82, 2.24) is 9.55 Å². The summed E-state index contributed by atoms with van der Waals surface area (Å²) < 4.78 is 31.3. The van der Waals surface area contributed by atoms with E-state index in [1.165, 1.54) is 34.9 Å². The Labute approximate surface area is 220 Å². The van der Waals surface area contributed by atoms with Gasteiger partial charge in [0.15, 0.2) is 5.82 Å². The average Bonchev–Trinajstić information content (AvgIpc) is 3.27. The Balaban J connectivity index is 2.00. The van der Waals surface area contributed by atoms with Crippen LogP contribution in [0, 0.1) is 11.6 Å². The number of primary amides is 1. The molecule has 0 spiro atoms. The van der Waals surface area contributed by atoms with Crippen molar-refractivity contribution in [3.05, 3.63) is 112 Å². The lowest BCUT2D eigenvalue weighted by Gasteiger charge is -2.16. The first kappa shape index (κ1) is 24.5. The van der Waals surface area contributed by atoms with Gasteiger partial charge in [-0.05, 0) is 48.5 Å². The molecular weight excluding hydrogens is 517 g/mol. The monoisotopic (exact) mass is 534 g/mol. The zero-order valence-electron chi connectivity index (χ0n) is 19.1. The highest BCUT2D eigenvalue weighted by Crippen LogP contribution is 2.42. The van der Waals surface area contributed by atoms with Gasteiger partial charge in [0, 0.05) is 27.9 Å². The summed E-state index contributed by atoms with van der Waals surface area (Å²) in [6, 6.07) is 22.2. The molecule has 4 aromatic carbocycles. The Morgan fingerprint density at radius 3 is 2.24 bits per heavy atom. The molecule has 0 fully saturated rings. The predicted molar refractivity (Wildman–Crippen MR) is 143 cm³/mol. The van der Waals surface area contributed by atoms with E-state index >= 15 is 4.39 Å². The van der Waals surface area contributed by atoms with Crippen molar-refractivity contribution < 1.29 is 13.6 Å². The van der Waals surface area contributed by atoms with Crippen molar-refractivity contribution in [3.8, 4) is 39.6 Å². The van der Waals surface area contributed by atoms with Gasteiger partial charge in [0.2, 0.25) is 5.91 Å². The van der Waals surface area contributed by atoms with Gasteiger partial charge in [0.25, 0.3) is 0 Å². The topological polar surface area (TPSA) is 86.9 Å². The Hall–Kier alpha value is -4.20. The number of imidazole rings is 1. The van der Waals surface area contributed by atoms with E-state index in [2.05, 4.69) is 0 Å². The molecule has 4 N–H and O–H groups in total. The van der Waals surface area contributed by atoms with Crippen molar-refractivity contribution in [2.75, 3.05) is 5.73 Å². The second-order valence-electron chi connectivity index (χ2n) is 8.17. The summed E-state index contributed by atoms with van der Waals surface area (Å²) >= 11 is 12.3. The van der Waals surface area contributed by atoms with Crippen molar-refractivity contribution in [3.63, 3.8) is 0 Å². The van der Waals surface area contributed by atoms with Gasteiger partial charge in [0.1, 0.15) is 11.6 Å². The molecule has 0 aliphatic rings. The molecule has 0 saturated heterocycles. The Kier molecular flexibility index (Phi) is 6.41. The summed E-state index contributed by atoms with van der Waals surface area (Å²) in [5.74, 6) is -1.74. The number of hydrogen-bond donors (Lipinski definition) is 2. The minimum absolute atomic E-state index is 0.0662. The second-order valence-corrected chi connectivity index (χ2v) is 8.98. The third-order valence-corrected chi connectivity index (χ3v) is 6.47. The molecule has 0 aliphatic carbocycles. The number of carbonyl (C=O) groups excluding carboxylic acids is 1. The highest BCUT2D eigenvalue weighted by Gasteiger charge is 2.27. The minimum atomic E-state index is -0.707. The number of hydrogen-bond acceptors (Lipinski definition) is 3. The quantitative estimate of drug-likeness (QED) is 0.235. The summed E-state index contributed by atoms with van der Waals surface area (Å²) in [6.45, 7) is 0. The minimum Gasteiger partial charge on any atom is -0.398 e. The number of nitrogens with two attached hydrogens (primary N) is 2. The van der Waals surface area contributed by atoms with Crippen molar-refractivity contribution in [1.29, 1.82) is 0 Å². The first-order valence-electron chi connectivity index (χ1n) is 11.0. The van der Waals surface area contributed by atoms with Crippen LogP contribution in [0.1, 0.15) is 10.4 Å². The van der Waals surface area contributed by atoms with Gasteiger partial charge in [-0.1, -0.05) is 59.6 Å². The van der Waals surface area contributed by atoms with E-state index in [0.717, 1.165) is 0 Å². The van der Waals surface area contributed by atoms with Crippen LogP contribution in [0.3, 0.4) is 0 Å². The van der Waals surface area contributed by atoms with Crippen LogP contribution in [0.5, 0.6) is 0 Å². The molecule has 1 aromatic heterocycles. The van der Waals surface area contributed by atoms with Crippen LogP contribution < -0.4 is 11.5 Å². The molecule has 0 bridgehead atoms. The molecule has 0 atom stereocenters. The SMILES string of the molecule is NC(=O)c1ccccc1-c1nc(-c2ccccc2N)n(-c2cccc(Cl)c2F)c1-c1ccc(F)c(Cl)c1. The largest absolute Gasteiger partial charge is 0.398 e. The summed E-state index contributed by atoms with van der Waals surface area (Å²) in [5, 5.41) is -0.257. The number of rotatable bonds is 5. The predicted octanol–water partition coefficient (Wildman–Crippen LogP) is 7.14. The van der Waals surface area contributed by atoms with Crippen molar-refractivity contribution in [2.45, 2.75) is 0 Å². The number of aromatic nitrogens is 2. The van der Waals surface area contributed by atoms with E-state index in [0.29, 0.717) is 28.1 Å². The maximum Gasteiger partial charge on any atom is 0.249 e. The average molecular weight is 535 g/mol. The van der Waals surface area contributed by atoms with Crippen molar-refractivity contribution >= 4 is 34.8 Å². The standard InChI is InChI=1S/C28H18Cl2F2N4O/c29-19-9-5-11-23(24(19)32)36-26(15-12-13-21(31)20(30)14-15)25(16-6-1-2-7-17(16)27(34)37)35-28(36)18-8-3-4-10-22(18)33/h1-14H,33H2,(H2,34,37). The van der Waals surface area contributed by atoms with Gasteiger partial charge in [-0.3, -0.25) is 9.36 Å². The number of nitrogen functional groups attached to an aromatic ring is 1. The molecule has 0 unspecified atom stereocenters. The lowest BCUT2D eigenvalue weighted by atomic mass is 9.99. The zero-order valence-corrected chi connectivity index (χ0v) is 20.6. The molecule has 184 valence electrons. The van der Waals surface area contributed by atoms with Gasteiger partial charge in [0.05, 0.1) is 27.1 Å². The van der Waals surface area contributed by atoms with E-state index in [1.54, 1.807) is 54.6 Å². The molecule has 0 radical (unpaired) electrons. The van der Waals surface area contributed by atoms with Gasteiger partial charge in [-0.15, -0.1) is 0 Å². The maximum atomic E-state index is 15.6. The normalized spacial score (nSPS) is 11.0. The fourth-order valence-electron chi connectivity index (χ4n) is 4.20. The second kappa shape index (κ2) is 9.69. The summed E-state index contributed by atoms with van der Waals surface area (Å²) in [6.07, 6.45) is 0. The third-order valence-electron chi connectivity index (χ3n) is 5.89. The number of amides is 1. The van der Waals surface area contributed by atoms with E-state index in [4.69, 9.17) is 39.7 Å². The molecule has 1 amide bonds. The zero-order chi connectivity index (χ0) is 26.3. The molecule has 9 heteroatoms. The van der Waals surface area contributed by atoms with Gasteiger partial charge in [-0.25, -0.2) is 13.8 Å². The highest BCUT2D eigenvalue weighted by atomic mass is 35.5.